The molecule has 0 saturated carbocycles. The summed E-state index contributed by atoms with van der Waals surface area (Å²) in [6.07, 6.45) is 7.82. The van der Waals surface area contributed by atoms with Gasteiger partial charge in [0.25, 0.3) is 0 Å². The Balaban J connectivity index is 1.41. The molecule has 2 heterocycles. The van der Waals surface area contributed by atoms with Crippen LogP contribution in [0, 0.1) is 5.92 Å². The fraction of sp³-hybridized carbons (Fsp3) is 0.360. The minimum Gasteiger partial charge on any atom is -0.476 e. The van der Waals surface area contributed by atoms with Crippen LogP contribution in [0.5, 0.6) is 11.5 Å². The summed E-state index contributed by atoms with van der Waals surface area (Å²) in [7, 11) is 2.94. The molecule has 2 aromatic carbocycles. The monoisotopic (exact) mass is 454 g/mol. The highest BCUT2D eigenvalue weighted by Gasteiger charge is 2.36. The molecule has 0 aromatic heterocycles. The summed E-state index contributed by atoms with van der Waals surface area (Å²) in [6, 6.07) is 12.7. The van der Waals surface area contributed by atoms with Crippen molar-refractivity contribution >= 4 is 28.7 Å². The van der Waals surface area contributed by atoms with E-state index in [9.17, 15) is 0 Å². The maximum absolute atomic E-state index is 6.48. The third kappa shape index (κ3) is 3.96. The van der Waals surface area contributed by atoms with Crippen molar-refractivity contribution in [3.63, 3.8) is 0 Å². The van der Waals surface area contributed by atoms with E-state index in [1.807, 2.05) is 6.08 Å². The van der Waals surface area contributed by atoms with E-state index in [0.717, 1.165) is 53.9 Å². The molecule has 162 valence electrons. The lowest BCUT2D eigenvalue weighted by atomic mass is 9.76. The molecule has 6 heteroatoms. The predicted molar refractivity (Wildman–Crippen MR) is 129 cm³/mol. The molecule has 4 nitrogen and oxygen atoms in total. The van der Waals surface area contributed by atoms with E-state index in [-0.39, 0.29) is 26.4 Å². The summed E-state index contributed by atoms with van der Waals surface area (Å²) in [6.45, 7) is 6.00. The largest absolute Gasteiger partial charge is 0.476 e. The Morgan fingerprint density at radius 3 is 2.58 bits per heavy atom. The Bertz CT molecular complexity index is 1040. The summed E-state index contributed by atoms with van der Waals surface area (Å²) in [5.74, 6) is 2.87. The molecule has 5 rings (SSSR count). The van der Waals surface area contributed by atoms with E-state index in [1.165, 1.54) is 11.1 Å². The van der Waals surface area contributed by atoms with Gasteiger partial charge in [0.05, 0.1) is 24.4 Å². The van der Waals surface area contributed by atoms with E-state index in [1.54, 1.807) is 0 Å². The summed E-state index contributed by atoms with van der Waals surface area (Å²) >= 11 is 0. The smallest absolute Gasteiger partial charge is 0.167 e. The Labute approximate surface area is 188 Å². The predicted octanol–water partition coefficient (Wildman–Crippen LogP) is 5.08. The highest BCUT2D eigenvalue weighted by Crippen LogP contribution is 2.48. The van der Waals surface area contributed by atoms with Crippen LogP contribution in [0.25, 0.3) is 0 Å². The molecular formula is C25H28O4P2. The molecule has 1 aliphatic carbocycles. The van der Waals surface area contributed by atoms with E-state index in [4.69, 9.17) is 18.7 Å². The summed E-state index contributed by atoms with van der Waals surface area (Å²) < 4.78 is 24.6. The van der Waals surface area contributed by atoms with Gasteiger partial charge in [0.15, 0.2) is 6.29 Å². The number of allylic oxidation sites excluding steroid dienone is 3. The van der Waals surface area contributed by atoms with Gasteiger partial charge in [0.1, 0.15) is 26.1 Å². The molecule has 31 heavy (non-hydrogen) atoms. The number of benzene rings is 2. The highest BCUT2D eigenvalue weighted by atomic mass is 31.1. The average molecular weight is 454 g/mol. The molecule has 0 N–H and O–H groups in total. The summed E-state index contributed by atoms with van der Waals surface area (Å²) in [4.78, 5) is 0. The van der Waals surface area contributed by atoms with Crippen molar-refractivity contribution in [3.8, 4) is 11.5 Å². The van der Waals surface area contributed by atoms with Crippen molar-refractivity contribution in [3.05, 3.63) is 71.5 Å². The zero-order chi connectivity index (χ0) is 21.4. The van der Waals surface area contributed by atoms with Crippen LogP contribution in [0.3, 0.4) is 0 Å². The quantitative estimate of drug-likeness (QED) is 0.604. The third-order valence-electron chi connectivity index (χ3n) is 6.22. The minimum atomic E-state index is -0.235. The van der Waals surface area contributed by atoms with Crippen molar-refractivity contribution in [2.75, 3.05) is 13.2 Å². The molecule has 2 aliphatic heterocycles. The second-order valence-corrected chi connectivity index (χ2v) is 10.2. The number of rotatable bonds is 4. The van der Waals surface area contributed by atoms with Gasteiger partial charge in [0, 0.05) is 21.8 Å². The minimum absolute atomic E-state index is 0.0917. The van der Waals surface area contributed by atoms with Gasteiger partial charge in [-0.1, -0.05) is 56.3 Å². The fourth-order valence-electron chi connectivity index (χ4n) is 4.46. The van der Waals surface area contributed by atoms with Gasteiger partial charge in [0.2, 0.25) is 0 Å². The van der Waals surface area contributed by atoms with E-state index in [0.29, 0.717) is 0 Å². The van der Waals surface area contributed by atoms with Crippen LogP contribution in [-0.4, -0.2) is 19.5 Å². The van der Waals surface area contributed by atoms with Crippen molar-refractivity contribution < 1.29 is 18.7 Å². The molecular weight excluding hydrogens is 426 g/mol. The summed E-state index contributed by atoms with van der Waals surface area (Å²) in [5, 5.41) is 2.14. The molecule has 0 radical (unpaired) electrons. The lowest BCUT2D eigenvalue weighted by Crippen LogP contribution is -2.34. The first-order chi connectivity index (χ1) is 15.1. The van der Waals surface area contributed by atoms with E-state index in [2.05, 4.69) is 71.6 Å². The Kier molecular flexibility index (Phi) is 5.92. The van der Waals surface area contributed by atoms with Crippen molar-refractivity contribution in [1.29, 1.82) is 0 Å². The first-order valence-electron chi connectivity index (χ1n) is 10.8. The average Bonchev–Trinajstić information content (AvgIpc) is 2.79. The zero-order valence-electron chi connectivity index (χ0n) is 17.9. The lowest BCUT2D eigenvalue weighted by molar-refractivity contribution is -0.201. The Hall–Kier alpha value is -1.70. The number of fused-ring (bicyclic) bond motifs is 2. The maximum Gasteiger partial charge on any atom is 0.167 e. The van der Waals surface area contributed by atoms with E-state index >= 15 is 0 Å². The van der Waals surface area contributed by atoms with Crippen LogP contribution in [-0.2, 0) is 19.4 Å². The van der Waals surface area contributed by atoms with Crippen LogP contribution in [0.4, 0.5) is 0 Å². The Morgan fingerprint density at radius 2 is 1.77 bits per heavy atom. The standard InChI is InChI=1S/C25H28O4P2/c1-25(2)17-9-5-12-20(30)22(17)28-23-18(25)10-6-13-21(23)31-29-19-11-4-3-8-16(19)24-26-14-7-15-27-24/h3-6,9-13,16,24,31H,7-8,14-15,30H2,1-2H3. The zero-order valence-corrected chi connectivity index (χ0v) is 20.0. The van der Waals surface area contributed by atoms with Gasteiger partial charge < -0.3 is 18.7 Å². The van der Waals surface area contributed by atoms with Crippen LogP contribution >= 0.6 is 18.0 Å². The second kappa shape index (κ2) is 8.68. The van der Waals surface area contributed by atoms with Gasteiger partial charge in [-0.3, -0.25) is 0 Å². The van der Waals surface area contributed by atoms with Gasteiger partial charge in [-0.05, 0) is 25.0 Å². The third-order valence-corrected chi connectivity index (χ3v) is 7.63. The maximum atomic E-state index is 6.48. The normalized spacial score (nSPS) is 22.5. The first-order valence-corrected chi connectivity index (χ1v) is 12.3. The Morgan fingerprint density at radius 1 is 1.03 bits per heavy atom. The fourth-order valence-corrected chi connectivity index (χ4v) is 5.68. The SMILES string of the molecule is CC1(C)c2cccc(P)c2Oc2c(POC3=CC=CCC3C3OCCCO3)cccc21. The topological polar surface area (TPSA) is 36.9 Å². The molecule has 3 unspecified atom stereocenters. The molecule has 1 fully saturated rings. The van der Waals surface area contributed by atoms with Crippen LogP contribution < -0.4 is 15.3 Å². The number of hydrogen-bond donors (Lipinski definition) is 0. The molecule has 1 saturated heterocycles. The van der Waals surface area contributed by atoms with Crippen LogP contribution in [0.2, 0.25) is 0 Å². The second-order valence-electron chi connectivity index (χ2n) is 8.64. The van der Waals surface area contributed by atoms with Crippen molar-refractivity contribution in [2.24, 2.45) is 5.92 Å². The summed E-state index contributed by atoms with van der Waals surface area (Å²) in [5.41, 5.74) is 2.26. The first kappa shape index (κ1) is 21.2. The number of ether oxygens (including phenoxy) is 3. The number of hydrogen-bond acceptors (Lipinski definition) is 4. The van der Waals surface area contributed by atoms with Gasteiger partial charge in [-0.25, -0.2) is 0 Å². The molecule has 3 atom stereocenters. The lowest BCUT2D eigenvalue weighted by Gasteiger charge is -2.36. The molecule has 0 amide bonds. The van der Waals surface area contributed by atoms with Gasteiger partial charge in [-0.15, -0.1) is 9.24 Å². The van der Waals surface area contributed by atoms with Crippen LogP contribution in [0.15, 0.2) is 60.4 Å². The highest BCUT2D eigenvalue weighted by molar-refractivity contribution is 7.42. The van der Waals surface area contributed by atoms with Gasteiger partial charge in [-0.2, -0.15) is 0 Å². The molecule has 2 aromatic rings. The molecule has 0 spiro atoms. The van der Waals surface area contributed by atoms with Crippen molar-refractivity contribution in [2.45, 2.75) is 38.4 Å². The van der Waals surface area contributed by atoms with Crippen LogP contribution in [0.1, 0.15) is 37.8 Å². The van der Waals surface area contributed by atoms with E-state index < -0.39 is 0 Å². The number of para-hydroxylation sites is 2. The van der Waals surface area contributed by atoms with Crippen molar-refractivity contribution in [1.82, 2.24) is 0 Å². The molecule has 3 aliphatic rings. The molecule has 0 bridgehead atoms. The van der Waals surface area contributed by atoms with Gasteiger partial charge >= 0.3 is 0 Å².